The van der Waals surface area contributed by atoms with Gasteiger partial charge in [0.15, 0.2) is 0 Å². The third kappa shape index (κ3) is 3.14. The Labute approximate surface area is 105 Å². The number of benzene rings is 1. The van der Waals surface area contributed by atoms with Gasteiger partial charge in [0, 0.05) is 23.5 Å². The summed E-state index contributed by atoms with van der Waals surface area (Å²) in [6.07, 6.45) is 0.819. The van der Waals surface area contributed by atoms with E-state index < -0.39 is 10.8 Å². The molecule has 17 heavy (non-hydrogen) atoms. The number of primary amides is 1. The second kappa shape index (κ2) is 4.98. The summed E-state index contributed by atoms with van der Waals surface area (Å²) in [5.41, 5.74) is 6.23. The molecule has 0 aliphatic carbocycles. The molecule has 0 saturated heterocycles. The first kappa shape index (κ1) is 12.3. The maximum absolute atomic E-state index is 10.8. The molecule has 1 aromatic carbocycles. The summed E-state index contributed by atoms with van der Waals surface area (Å²) in [5.74, 6) is -0.433. The zero-order valence-corrected chi connectivity index (χ0v) is 10.5. The van der Waals surface area contributed by atoms with E-state index in [1.54, 1.807) is 11.8 Å². The van der Waals surface area contributed by atoms with Crippen molar-refractivity contribution in [2.45, 2.75) is 23.2 Å². The highest BCUT2D eigenvalue weighted by atomic mass is 32.2. The molecule has 0 radical (unpaired) electrons. The molecular formula is C12H16N2O2S. The van der Waals surface area contributed by atoms with Crippen LogP contribution in [0, 0.1) is 0 Å². The average molecular weight is 252 g/mol. The molecular weight excluding hydrogens is 236 g/mol. The predicted molar refractivity (Wildman–Crippen MR) is 69.0 cm³/mol. The molecule has 1 aliphatic rings. The second-order valence-corrected chi connectivity index (χ2v) is 5.67. The zero-order chi connectivity index (χ0) is 12.3. The number of anilines is 1. The van der Waals surface area contributed by atoms with E-state index in [2.05, 4.69) is 5.32 Å². The van der Waals surface area contributed by atoms with E-state index in [-0.39, 0.29) is 6.61 Å². The molecule has 3 N–H and O–H groups in total. The van der Waals surface area contributed by atoms with Gasteiger partial charge in [-0.3, -0.25) is 4.79 Å². The Hall–Kier alpha value is -1.20. The van der Waals surface area contributed by atoms with Gasteiger partial charge in [0.25, 0.3) is 0 Å². The molecule has 4 nitrogen and oxygen atoms in total. The fourth-order valence-corrected chi connectivity index (χ4v) is 2.92. The van der Waals surface area contributed by atoms with Gasteiger partial charge in [0.1, 0.15) is 11.5 Å². The van der Waals surface area contributed by atoms with Crippen molar-refractivity contribution in [2.24, 2.45) is 5.73 Å². The molecule has 1 atom stereocenters. The van der Waals surface area contributed by atoms with Gasteiger partial charge in [-0.2, -0.15) is 0 Å². The number of ether oxygens (including phenoxy) is 1. The molecule has 2 rings (SSSR count). The summed E-state index contributed by atoms with van der Waals surface area (Å²) >= 11 is 1.63. The molecule has 1 heterocycles. The standard InChI is InChI=1S/C12H16N2O2S/c1-12(16-8-11(13)15)6-7-14-9-4-2-3-5-10(9)17-12/h2-5,14H,6-8H2,1H3,(H2,13,15). The Kier molecular flexibility index (Phi) is 3.59. The van der Waals surface area contributed by atoms with Crippen molar-refractivity contribution in [1.82, 2.24) is 0 Å². The van der Waals surface area contributed by atoms with Crippen LogP contribution in [0.4, 0.5) is 5.69 Å². The Balaban J connectivity index is 2.14. The molecule has 5 heteroatoms. The van der Waals surface area contributed by atoms with Gasteiger partial charge in [-0.25, -0.2) is 0 Å². The maximum atomic E-state index is 10.8. The number of rotatable bonds is 3. The van der Waals surface area contributed by atoms with Crippen LogP contribution in [0.3, 0.4) is 0 Å². The third-order valence-electron chi connectivity index (χ3n) is 2.63. The molecule has 0 fully saturated rings. The van der Waals surface area contributed by atoms with Crippen LogP contribution in [-0.2, 0) is 9.53 Å². The van der Waals surface area contributed by atoms with Crippen molar-refractivity contribution in [3.05, 3.63) is 24.3 Å². The van der Waals surface area contributed by atoms with Crippen LogP contribution in [0.5, 0.6) is 0 Å². The lowest BCUT2D eigenvalue weighted by Crippen LogP contribution is -2.31. The fourth-order valence-electron chi connectivity index (χ4n) is 1.73. The van der Waals surface area contributed by atoms with E-state index >= 15 is 0 Å². The summed E-state index contributed by atoms with van der Waals surface area (Å²) < 4.78 is 5.62. The molecule has 1 aliphatic heterocycles. The number of amides is 1. The molecule has 0 bridgehead atoms. The van der Waals surface area contributed by atoms with Crippen molar-refractivity contribution in [3.8, 4) is 0 Å². The Morgan fingerprint density at radius 3 is 3.12 bits per heavy atom. The number of thioether (sulfide) groups is 1. The van der Waals surface area contributed by atoms with Crippen LogP contribution in [-0.4, -0.2) is 24.0 Å². The summed E-state index contributed by atoms with van der Waals surface area (Å²) in [5, 5.41) is 3.35. The second-order valence-electron chi connectivity index (χ2n) is 4.16. The van der Waals surface area contributed by atoms with Crippen LogP contribution >= 0.6 is 11.8 Å². The van der Waals surface area contributed by atoms with Gasteiger partial charge in [0.05, 0.1) is 0 Å². The minimum absolute atomic E-state index is 0.0360. The van der Waals surface area contributed by atoms with E-state index in [4.69, 9.17) is 10.5 Å². The molecule has 0 saturated carbocycles. The van der Waals surface area contributed by atoms with Gasteiger partial charge in [-0.1, -0.05) is 23.9 Å². The molecule has 0 spiro atoms. The summed E-state index contributed by atoms with van der Waals surface area (Å²) in [6.45, 7) is 2.77. The van der Waals surface area contributed by atoms with Crippen LogP contribution < -0.4 is 11.1 Å². The quantitative estimate of drug-likeness (QED) is 0.861. The molecule has 1 aromatic rings. The highest BCUT2D eigenvalue weighted by Gasteiger charge is 2.30. The monoisotopic (exact) mass is 252 g/mol. The maximum Gasteiger partial charge on any atom is 0.243 e. The fraction of sp³-hybridized carbons (Fsp3) is 0.417. The lowest BCUT2D eigenvalue weighted by Gasteiger charge is -2.26. The first-order chi connectivity index (χ1) is 8.09. The van der Waals surface area contributed by atoms with Gasteiger partial charge in [-0.05, 0) is 19.1 Å². The van der Waals surface area contributed by atoms with E-state index in [1.165, 1.54) is 0 Å². The predicted octanol–water partition coefficient (Wildman–Crippen LogP) is 1.81. The van der Waals surface area contributed by atoms with Gasteiger partial charge in [0.2, 0.25) is 5.91 Å². The summed E-state index contributed by atoms with van der Waals surface area (Å²) in [4.78, 5) is 11.5. The molecule has 1 amide bonds. The minimum atomic E-state index is -0.433. The van der Waals surface area contributed by atoms with Crippen molar-refractivity contribution in [3.63, 3.8) is 0 Å². The van der Waals surface area contributed by atoms with Crippen molar-refractivity contribution in [1.29, 1.82) is 0 Å². The lowest BCUT2D eigenvalue weighted by atomic mass is 10.2. The number of nitrogens with one attached hydrogen (secondary N) is 1. The van der Waals surface area contributed by atoms with Crippen molar-refractivity contribution < 1.29 is 9.53 Å². The number of para-hydroxylation sites is 1. The number of hydrogen-bond acceptors (Lipinski definition) is 4. The molecule has 92 valence electrons. The zero-order valence-electron chi connectivity index (χ0n) is 9.73. The first-order valence-electron chi connectivity index (χ1n) is 5.53. The van der Waals surface area contributed by atoms with E-state index in [9.17, 15) is 4.79 Å². The van der Waals surface area contributed by atoms with E-state index in [0.29, 0.717) is 0 Å². The van der Waals surface area contributed by atoms with Crippen molar-refractivity contribution in [2.75, 3.05) is 18.5 Å². The third-order valence-corrected chi connectivity index (χ3v) is 3.96. The average Bonchev–Trinajstić information content (AvgIpc) is 2.45. The Morgan fingerprint density at radius 2 is 2.35 bits per heavy atom. The van der Waals surface area contributed by atoms with E-state index in [1.807, 2.05) is 31.2 Å². The summed E-state index contributed by atoms with van der Waals surface area (Å²) in [6, 6.07) is 8.08. The summed E-state index contributed by atoms with van der Waals surface area (Å²) in [7, 11) is 0. The van der Waals surface area contributed by atoms with Gasteiger partial charge >= 0.3 is 0 Å². The smallest absolute Gasteiger partial charge is 0.243 e. The SMILES string of the molecule is CC1(OCC(N)=O)CCNc2ccccc2S1. The van der Waals surface area contributed by atoms with E-state index in [0.717, 1.165) is 23.5 Å². The van der Waals surface area contributed by atoms with Crippen LogP contribution in [0.15, 0.2) is 29.2 Å². The number of carbonyl (C=O) groups is 1. The van der Waals surface area contributed by atoms with Gasteiger partial charge < -0.3 is 15.8 Å². The Morgan fingerprint density at radius 1 is 1.59 bits per heavy atom. The highest BCUT2D eigenvalue weighted by molar-refractivity contribution is 8.00. The van der Waals surface area contributed by atoms with Crippen LogP contribution in [0.25, 0.3) is 0 Å². The topological polar surface area (TPSA) is 64.3 Å². The Bertz CT molecular complexity index is 425. The highest BCUT2D eigenvalue weighted by Crippen LogP contribution is 2.42. The first-order valence-corrected chi connectivity index (χ1v) is 6.35. The van der Waals surface area contributed by atoms with Gasteiger partial charge in [-0.15, -0.1) is 0 Å². The number of nitrogens with two attached hydrogens (primary N) is 1. The largest absolute Gasteiger partial charge is 0.384 e. The normalized spacial score (nSPS) is 23.4. The number of carbonyl (C=O) groups excluding carboxylic acids is 1. The lowest BCUT2D eigenvalue weighted by molar-refractivity contribution is -0.125. The van der Waals surface area contributed by atoms with Crippen molar-refractivity contribution >= 4 is 23.4 Å². The van der Waals surface area contributed by atoms with Crippen LogP contribution in [0.2, 0.25) is 0 Å². The van der Waals surface area contributed by atoms with Crippen LogP contribution in [0.1, 0.15) is 13.3 Å². The molecule has 0 aromatic heterocycles. The minimum Gasteiger partial charge on any atom is -0.384 e. The molecule has 1 unspecified atom stereocenters. The number of fused-ring (bicyclic) bond motifs is 1. The number of hydrogen-bond donors (Lipinski definition) is 2.